The van der Waals surface area contributed by atoms with Crippen LogP contribution in [0.3, 0.4) is 0 Å². The molecule has 3 unspecified atom stereocenters. The Bertz CT molecular complexity index is 1180. The van der Waals surface area contributed by atoms with Crippen LogP contribution in [0.15, 0.2) is 60.8 Å². The zero-order valence-corrected chi connectivity index (χ0v) is 35.4. The molecule has 0 spiro atoms. The lowest BCUT2D eigenvalue weighted by atomic mass is 10.1. The number of carbonyl (C=O) groups is 2. The van der Waals surface area contributed by atoms with E-state index in [1.54, 1.807) is 0 Å². The van der Waals surface area contributed by atoms with Gasteiger partial charge in [-0.15, -0.1) is 0 Å². The summed E-state index contributed by atoms with van der Waals surface area (Å²) in [7, 11) is -4.64. The van der Waals surface area contributed by atoms with Crippen LogP contribution in [-0.2, 0) is 37.4 Å². The van der Waals surface area contributed by atoms with Crippen molar-refractivity contribution in [1.82, 2.24) is 0 Å². The van der Waals surface area contributed by atoms with Gasteiger partial charge in [0.15, 0.2) is 6.10 Å². The second-order valence-electron chi connectivity index (χ2n) is 14.4. The van der Waals surface area contributed by atoms with Crippen LogP contribution < -0.4 is 0 Å². The maximum Gasteiger partial charge on any atom is 0.472 e. The molecule has 1 fully saturated rings. The lowest BCUT2D eigenvalue weighted by Crippen LogP contribution is -2.29. The molecular formula is C44H75O11P. The minimum Gasteiger partial charge on any atom is -0.462 e. The smallest absolute Gasteiger partial charge is 0.462 e. The first-order chi connectivity index (χ1) is 27.2. The number of ether oxygens (including phenoxy) is 3. The van der Waals surface area contributed by atoms with E-state index in [1.165, 1.54) is 38.5 Å². The third-order valence-electron chi connectivity index (χ3n) is 9.05. The molecule has 1 saturated heterocycles. The van der Waals surface area contributed by atoms with Gasteiger partial charge in [0.1, 0.15) is 12.7 Å². The molecule has 1 heterocycles. The molecule has 0 aromatic carbocycles. The quantitative estimate of drug-likeness (QED) is 0.0179. The fourth-order valence-electron chi connectivity index (χ4n) is 5.59. The Labute approximate surface area is 338 Å². The first-order valence-electron chi connectivity index (χ1n) is 21.4. The highest BCUT2D eigenvalue weighted by Crippen LogP contribution is 2.43. The molecule has 56 heavy (non-hydrogen) atoms. The normalized spacial score (nSPS) is 18.1. The molecule has 0 radical (unpaired) electrons. The maximum atomic E-state index is 12.6. The van der Waals surface area contributed by atoms with Crippen molar-refractivity contribution >= 4 is 19.8 Å². The Hall–Kier alpha value is -2.37. The number of phosphoric ester groups is 1. The number of hydrogen-bond donors (Lipinski definition) is 3. The highest BCUT2D eigenvalue weighted by molar-refractivity contribution is 7.47. The van der Waals surface area contributed by atoms with E-state index in [4.69, 9.17) is 23.8 Å². The van der Waals surface area contributed by atoms with Gasteiger partial charge in [0, 0.05) is 12.8 Å². The molecule has 11 nitrogen and oxygen atoms in total. The zero-order chi connectivity index (χ0) is 41.0. The summed E-state index contributed by atoms with van der Waals surface area (Å²) in [6.45, 7) is 2.21. The number of epoxide rings is 1. The monoisotopic (exact) mass is 811 g/mol. The standard InChI is InChI=1S/C44H75O11P/c1-3-5-7-9-11-13-14-15-16-17-18-20-22-24-30-34-44(48)54-40(38-53-56(49,50)52-36-39(46)35-45)37-51-43(47)33-29-26-25-28-32-42-41(55-42)31-27-23-21-19-12-10-8-6-4-2/h11-13,15-16,19,23,25,27-28,39-42,45-46H,3-10,14,17-18,20-22,24,26,29-38H2,1-2H3,(H,49,50)/b13-11-,16-15-,19-12-,27-23-,28-25-/t39-,40+,41?,42?/m0/s1. The van der Waals surface area contributed by atoms with Crippen molar-refractivity contribution in [2.24, 2.45) is 0 Å². The summed E-state index contributed by atoms with van der Waals surface area (Å²) in [5, 5.41) is 18.3. The first-order valence-corrected chi connectivity index (χ1v) is 22.9. The summed E-state index contributed by atoms with van der Waals surface area (Å²) >= 11 is 0. The van der Waals surface area contributed by atoms with Gasteiger partial charge in [-0.3, -0.25) is 18.6 Å². The van der Waals surface area contributed by atoms with Crippen molar-refractivity contribution in [1.29, 1.82) is 0 Å². The van der Waals surface area contributed by atoms with E-state index in [2.05, 4.69) is 73.1 Å². The van der Waals surface area contributed by atoms with E-state index < -0.39 is 51.8 Å². The summed E-state index contributed by atoms with van der Waals surface area (Å²) in [6, 6.07) is 0. The van der Waals surface area contributed by atoms with Crippen LogP contribution in [-0.4, -0.2) is 77.9 Å². The molecule has 0 saturated carbocycles. The Morgan fingerprint density at radius 3 is 1.71 bits per heavy atom. The van der Waals surface area contributed by atoms with Crippen molar-refractivity contribution in [3.63, 3.8) is 0 Å². The number of aliphatic hydroxyl groups excluding tert-OH is 2. The molecule has 5 atom stereocenters. The minimum absolute atomic E-state index is 0.150. The van der Waals surface area contributed by atoms with Crippen molar-refractivity contribution in [3.8, 4) is 0 Å². The van der Waals surface area contributed by atoms with Crippen molar-refractivity contribution < 1.29 is 52.5 Å². The second-order valence-corrected chi connectivity index (χ2v) is 15.8. The number of allylic oxidation sites excluding steroid dienone is 8. The Morgan fingerprint density at radius 2 is 1.11 bits per heavy atom. The fraction of sp³-hybridized carbons (Fsp3) is 0.727. The van der Waals surface area contributed by atoms with Crippen LogP contribution >= 0.6 is 7.82 Å². The molecule has 1 aliphatic rings. The van der Waals surface area contributed by atoms with Crippen LogP contribution in [0.2, 0.25) is 0 Å². The average molecular weight is 811 g/mol. The second kappa shape index (κ2) is 35.8. The SMILES string of the molecule is CCCCC/C=C\C/C=C\CCCCCCCC(=O)O[C@H](COC(=O)CCC/C=C\CC1OC1C/C=C\C/C=C\CCCCC)COP(=O)(O)OC[C@@H](O)CO. The first kappa shape index (κ1) is 51.6. The van der Waals surface area contributed by atoms with Gasteiger partial charge < -0.3 is 29.3 Å². The molecular weight excluding hydrogens is 735 g/mol. The zero-order valence-electron chi connectivity index (χ0n) is 34.5. The highest BCUT2D eigenvalue weighted by Gasteiger charge is 2.36. The summed E-state index contributed by atoms with van der Waals surface area (Å²) < 4.78 is 38.4. The lowest BCUT2D eigenvalue weighted by molar-refractivity contribution is -0.161. The maximum absolute atomic E-state index is 12.6. The van der Waals surface area contributed by atoms with E-state index in [1.807, 2.05) is 6.08 Å². The molecule has 3 N–H and O–H groups in total. The third kappa shape index (κ3) is 32.7. The number of unbranched alkanes of at least 4 members (excludes halogenated alkanes) is 12. The van der Waals surface area contributed by atoms with Gasteiger partial charge in [-0.1, -0.05) is 120 Å². The van der Waals surface area contributed by atoms with Gasteiger partial charge in [-0.25, -0.2) is 4.57 Å². The Balaban J connectivity index is 2.32. The molecule has 0 amide bonds. The van der Waals surface area contributed by atoms with Crippen LogP contribution in [0, 0.1) is 0 Å². The number of aliphatic hydroxyl groups is 2. The molecule has 322 valence electrons. The van der Waals surface area contributed by atoms with E-state index in [0.717, 1.165) is 70.6 Å². The van der Waals surface area contributed by atoms with Gasteiger partial charge in [-0.2, -0.15) is 0 Å². The largest absolute Gasteiger partial charge is 0.472 e. The van der Waals surface area contributed by atoms with E-state index in [9.17, 15) is 24.2 Å². The van der Waals surface area contributed by atoms with E-state index >= 15 is 0 Å². The number of hydrogen-bond acceptors (Lipinski definition) is 10. The predicted molar refractivity (Wildman–Crippen MR) is 223 cm³/mol. The summed E-state index contributed by atoms with van der Waals surface area (Å²) in [5.74, 6) is -1.02. The van der Waals surface area contributed by atoms with Crippen LogP contribution in [0.25, 0.3) is 0 Å². The lowest BCUT2D eigenvalue weighted by Gasteiger charge is -2.20. The van der Waals surface area contributed by atoms with E-state index in [-0.39, 0.29) is 31.7 Å². The molecule has 0 aromatic heterocycles. The van der Waals surface area contributed by atoms with Crippen LogP contribution in [0.5, 0.6) is 0 Å². The Kier molecular flexibility index (Phi) is 33.0. The van der Waals surface area contributed by atoms with Gasteiger partial charge in [0.05, 0.1) is 32.0 Å². The average Bonchev–Trinajstić information content (AvgIpc) is 3.94. The van der Waals surface area contributed by atoms with E-state index in [0.29, 0.717) is 19.3 Å². The topological polar surface area (TPSA) is 161 Å². The van der Waals surface area contributed by atoms with Crippen molar-refractivity contribution in [3.05, 3.63) is 60.8 Å². The fourth-order valence-corrected chi connectivity index (χ4v) is 6.37. The Morgan fingerprint density at radius 1 is 0.625 bits per heavy atom. The summed E-state index contributed by atoms with van der Waals surface area (Å²) in [4.78, 5) is 35.0. The summed E-state index contributed by atoms with van der Waals surface area (Å²) in [5.41, 5.74) is 0. The molecule has 0 aromatic rings. The minimum atomic E-state index is -4.64. The highest BCUT2D eigenvalue weighted by atomic mass is 31.2. The molecule has 0 aliphatic carbocycles. The van der Waals surface area contributed by atoms with Crippen LogP contribution in [0.1, 0.15) is 155 Å². The van der Waals surface area contributed by atoms with Gasteiger partial charge in [0.25, 0.3) is 0 Å². The molecule has 12 heteroatoms. The molecule has 0 bridgehead atoms. The predicted octanol–water partition coefficient (Wildman–Crippen LogP) is 10.1. The van der Waals surface area contributed by atoms with Crippen molar-refractivity contribution in [2.45, 2.75) is 180 Å². The number of phosphoric acid groups is 1. The number of rotatable bonds is 38. The van der Waals surface area contributed by atoms with Gasteiger partial charge in [0.2, 0.25) is 0 Å². The van der Waals surface area contributed by atoms with Crippen LogP contribution in [0.4, 0.5) is 0 Å². The third-order valence-corrected chi connectivity index (χ3v) is 10.00. The van der Waals surface area contributed by atoms with Gasteiger partial charge in [-0.05, 0) is 83.5 Å². The molecule has 1 rings (SSSR count). The van der Waals surface area contributed by atoms with Gasteiger partial charge >= 0.3 is 19.8 Å². The number of esters is 2. The van der Waals surface area contributed by atoms with Crippen molar-refractivity contribution in [2.75, 3.05) is 26.4 Å². The summed E-state index contributed by atoms with van der Waals surface area (Å²) in [6.07, 6.45) is 40.7. The number of carbonyl (C=O) groups excluding carboxylic acids is 2. The molecule has 1 aliphatic heterocycles.